The van der Waals surface area contributed by atoms with E-state index in [2.05, 4.69) is 9.71 Å². The summed E-state index contributed by atoms with van der Waals surface area (Å²) in [7, 11) is -3.66. The lowest BCUT2D eigenvalue weighted by molar-refractivity contribution is 0.601. The second kappa shape index (κ2) is 6.80. The van der Waals surface area contributed by atoms with Gasteiger partial charge in [0.2, 0.25) is 0 Å². The van der Waals surface area contributed by atoms with E-state index in [1.807, 2.05) is 38.1 Å². The molecule has 28 heavy (non-hydrogen) atoms. The lowest BCUT2D eigenvalue weighted by Gasteiger charge is -2.10. The largest absolute Gasteiger partial charge is 0.355 e. The zero-order chi connectivity index (χ0) is 19.9. The van der Waals surface area contributed by atoms with Crippen molar-refractivity contribution >= 4 is 26.6 Å². The highest BCUT2D eigenvalue weighted by Crippen LogP contribution is 2.26. The molecule has 0 aliphatic heterocycles. The van der Waals surface area contributed by atoms with Gasteiger partial charge in [-0.2, -0.15) is 0 Å². The number of aromatic amines is 1. The fourth-order valence-corrected chi connectivity index (χ4v) is 4.53. The minimum atomic E-state index is -3.66. The number of rotatable bonds is 4. The van der Waals surface area contributed by atoms with E-state index in [9.17, 15) is 12.8 Å². The van der Waals surface area contributed by atoms with Gasteiger partial charge in [-0.3, -0.25) is 4.72 Å². The van der Waals surface area contributed by atoms with Gasteiger partial charge in [-0.1, -0.05) is 18.2 Å². The van der Waals surface area contributed by atoms with Crippen LogP contribution in [-0.4, -0.2) is 13.4 Å². The number of fused-ring (bicyclic) bond motifs is 1. The number of anilines is 1. The standard InChI is InChI=1S/C22H19FN2O2S/c1-14-9-15(2)11-20(10-14)28(26,27)25-19-6-3-16(4-7-19)22-13-17-12-18(23)5-8-21(17)24-22/h3-13,24-25H,1-2H3. The normalized spacial score (nSPS) is 11.7. The minimum Gasteiger partial charge on any atom is -0.355 e. The van der Waals surface area contributed by atoms with Crippen molar-refractivity contribution in [2.75, 3.05) is 4.72 Å². The lowest BCUT2D eigenvalue weighted by Crippen LogP contribution is -2.13. The molecule has 0 spiro atoms. The summed E-state index contributed by atoms with van der Waals surface area (Å²) in [6.45, 7) is 3.74. The smallest absolute Gasteiger partial charge is 0.261 e. The first-order chi connectivity index (χ1) is 13.3. The van der Waals surface area contributed by atoms with Gasteiger partial charge >= 0.3 is 0 Å². The molecule has 0 atom stereocenters. The zero-order valence-electron chi connectivity index (χ0n) is 15.5. The summed E-state index contributed by atoms with van der Waals surface area (Å²) in [6, 6.07) is 18.7. The van der Waals surface area contributed by atoms with Crippen LogP contribution in [0, 0.1) is 19.7 Å². The number of halogens is 1. The van der Waals surface area contributed by atoms with Crippen LogP contribution in [0.15, 0.2) is 71.6 Å². The number of aryl methyl sites for hydroxylation is 2. The molecule has 0 bridgehead atoms. The molecule has 0 saturated heterocycles. The summed E-state index contributed by atoms with van der Waals surface area (Å²) in [6.07, 6.45) is 0. The molecule has 0 saturated carbocycles. The predicted molar refractivity (Wildman–Crippen MR) is 110 cm³/mol. The average molecular weight is 394 g/mol. The number of sulfonamides is 1. The molecule has 1 aromatic heterocycles. The molecule has 4 aromatic rings. The fourth-order valence-electron chi connectivity index (χ4n) is 3.28. The monoisotopic (exact) mass is 394 g/mol. The molecule has 3 aromatic carbocycles. The molecule has 4 nitrogen and oxygen atoms in total. The second-order valence-corrected chi connectivity index (χ2v) is 8.60. The molecule has 0 fully saturated rings. The average Bonchev–Trinajstić information content (AvgIpc) is 3.04. The third-order valence-electron chi connectivity index (χ3n) is 4.54. The van der Waals surface area contributed by atoms with Crippen LogP contribution in [0.2, 0.25) is 0 Å². The van der Waals surface area contributed by atoms with Crippen LogP contribution in [0.25, 0.3) is 22.2 Å². The quantitative estimate of drug-likeness (QED) is 0.487. The minimum absolute atomic E-state index is 0.242. The van der Waals surface area contributed by atoms with Gasteiger partial charge in [0, 0.05) is 22.3 Å². The molecule has 6 heteroatoms. The first-order valence-corrected chi connectivity index (χ1v) is 10.3. The first-order valence-electron chi connectivity index (χ1n) is 8.80. The number of nitrogens with one attached hydrogen (secondary N) is 2. The summed E-state index contributed by atoms with van der Waals surface area (Å²) in [5.41, 5.74) is 4.83. The Labute approximate surface area is 163 Å². The van der Waals surface area contributed by atoms with E-state index in [4.69, 9.17) is 0 Å². The maximum absolute atomic E-state index is 13.4. The lowest BCUT2D eigenvalue weighted by atomic mass is 10.1. The van der Waals surface area contributed by atoms with Gasteiger partial charge in [-0.05, 0) is 79.1 Å². The van der Waals surface area contributed by atoms with Gasteiger partial charge in [-0.25, -0.2) is 12.8 Å². The van der Waals surface area contributed by atoms with Crippen molar-refractivity contribution < 1.29 is 12.8 Å². The Morgan fingerprint density at radius 3 is 2.21 bits per heavy atom. The summed E-state index contributed by atoms with van der Waals surface area (Å²) in [4.78, 5) is 3.48. The number of H-pyrrole nitrogens is 1. The van der Waals surface area contributed by atoms with Crippen LogP contribution in [-0.2, 0) is 10.0 Å². The van der Waals surface area contributed by atoms with Crippen LogP contribution in [0.5, 0.6) is 0 Å². The predicted octanol–water partition coefficient (Wildman–Crippen LogP) is 5.39. The van der Waals surface area contributed by atoms with Crippen LogP contribution >= 0.6 is 0 Å². The van der Waals surface area contributed by atoms with Crippen molar-refractivity contribution in [3.05, 3.63) is 83.7 Å². The summed E-state index contributed by atoms with van der Waals surface area (Å²) < 4.78 is 41.3. The van der Waals surface area contributed by atoms with E-state index in [1.165, 1.54) is 12.1 Å². The molecule has 2 N–H and O–H groups in total. The highest BCUT2D eigenvalue weighted by Gasteiger charge is 2.15. The summed E-state index contributed by atoms with van der Waals surface area (Å²) in [5.74, 6) is -0.283. The van der Waals surface area contributed by atoms with Crippen LogP contribution < -0.4 is 4.72 Å². The number of hydrogen-bond acceptors (Lipinski definition) is 2. The Bertz CT molecular complexity index is 1260. The van der Waals surface area contributed by atoms with Crippen molar-refractivity contribution in [3.8, 4) is 11.3 Å². The third-order valence-corrected chi connectivity index (χ3v) is 5.90. The fraction of sp³-hybridized carbons (Fsp3) is 0.0909. The van der Waals surface area contributed by atoms with Crippen molar-refractivity contribution in [1.82, 2.24) is 4.98 Å². The van der Waals surface area contributed by atoms with E-state index in [0.29, 0.717) is 5.69 Å². The van der Waals surface area contributed by atoms with Gasteiger partial charge < -0.3 is 4.98 Å². The maximum Gasteiger partial charge on any atom is 0.261 e. The molecule has 0 unspecified atom stereocenters. The summed E-state index contributed by atoms with van der Waals surface area (Å²) >= 11 is 0. The molecule has 0 radical (unpaired) electrons. The SMILES string of the molecule is Cc1cc(C)cc(S(=O)(=O)Nc2ccc(-c3cc4cc(F)ccc4[nH]3)cc2)c1. The second-order valence-electron chi connectivity index (χ2n) is 6.92. The van der Waals surface area contributed by atoms with Crippen molar-refractivity contribution in [2.45, 2.75) is 18.7 Å². The Balaban J connectivity index is 1.60. The molecule has 4 rings (SSSR count). The number of benzene rings is 3. The Kier molecular flexibility index (Phi) is 4.43. The van der Waals surface area contributed by atoms with Crippen LogP contribution in [0.4, 0.5) is 10.1 Å². The van der Waals surface area contributed by atoms with Crippen LogP contribution in [0.1, 0.15) is 11.1 Å². The third kappa shape index (κ3) is 3.64. The summed E-state index contributed by atoms with van der Waals surface area (Å²) in [5, 5.41) is 0.787. The topological polar surface area (TPSA) is 62.0 Å². The zero-order valence-corrected chi connectivity index (χ0v) is 16.3. The van der Waals surface area contributed by atoms with Crippen molar-refractivity contribution in [3.63, 3.8) is 0 Å². The highest BCUT2D eigenvalue weighted by molar-refractivity contribution is 7.92. The van der Waals surface area contributed by atoms with Crippen molar-refractivity contribution in [1.29, 1.82) is 0 Å². The van der Waals surface area contributed by atoms with E-state index in [0.717, 1.165) is 33.3 Å². The van der Waals surface area contributed by atoms with Gasteiger partial charge in [0.05, 0.1) is 4.90 Å². The van der Waals surface area contributed by atoms with Gasteiger partial charge in [0.1, 0.15) is 5.82 Å². The van der Waals surface area contributed by atoms with Gasteiger partial charge in [0.25, 0.3) is 10.0 Å². The Morgan fingerprint density at radius 2 is 1.54 bits per heavy atom. The molecular weight excluding hydrogens is 375 g/mol. The molecule has 0 amide bonds. The van der Waals surface area contributed by atoms with E-state index in [-0.39, 0.29) is 10.7 Å². The molecular formula is C22H19FN2O2S. The molecule has 0 aliphatic carbocycles. The molecule has 142 valence electrons. The maximum atomic E-state index is 13.4. The van der Waals surface area contributed by atoms with Gasteiger partial charge in [0.15, 0.2) is 0 Å². The van der Waals surface area contributed by atoms with Crippen molar-refractivity contribution in [2.24, 2.45) is 0 Å². The highest BCUT2D eigenvalue weighted by atomic mass is 32.2. The molecule has 0 aliphatic rings. The number of aromatic nitrogens is 1. The van der Waals surface area contributed by atoms with E-state index >= 15 is 0 Å². The van der Waals surface area contributed by atoms with E-state index in [1.54, 1.807) is 30.3 Å². The van der Waals surface area contributed by atoms with Gasteiger partial charge in [-0.15, -0.1) is 0 Å². The van der Waals surface area contributed by atoms with Crippen LogP contribution in [0.3, 0.4) is 0 Å². The van der Waals surface area contributed by atoms with E-state index < -0.39 is 10.0 Å². The Morgan fingerprint density at radius 1 is 0.857 bits per heavy atom. The molecule has 1 heterocycles. The first kappa shape index (κ1) is 18.3. The number of hydrogen-bond donors (Lipinski definition) is 2. The Hall–Kier alpha value is -3.12.